The summed E-state index contributed by atoms with van der Waals surface area (Å²) in [6.45, 7) is 9.09. The SMILES string of the molecule is CCOC(=O)c1nnn(CCN)c1C(C)(C)C. The van der Waals surface area contributed by atoms with Crippen molar-refractivity contribution < 1.29 is 9.53 Å². The average molecular weight is 240 g/mol. The summed E-state index contributed by atoms with van der Waals surface area (Å²) >= 11 is 0. The summed E-state index contributed by atoms with van der Waals surface area (Å²) < 4.78 is 6.64. The Labute approximate surface area is 101 Å². The molecular weight excluding hydrogens is 220 g/mol. The molecule has 0 aliphatic carbocycles. The molecule has 0 spiro atoms. The van der Waals surface area contributed by atoms with Crippen molar-refractivity contribution in [3.63, 3.8) is 0 Å². The lowest BCUT2D eigenvalue weighted by Crippen LogP contribution is -2.24. The van der Waals surface area contributed by atoms with Crippen molar-refractivity contribution in [2.75, 3.05) is 13.2 Å². The fourth-order valence-electron chi connectivity index (χ4n) is 1.67. The number of hydrogen-bond acceptors (Lipinski definition) is 5. The van der Waals surface area contributed by atoms with Crippen molar-refractivity contribution in [2.24, 2.45) is 5.73 Å². The Morgan fingerprint density at radius 3 is 2.59 bits per heavy atom. The van der Waals surface area contributed by atoms with Gasteiger partial charge in [-0.2, -0.15) is 0 Å². The summed E-state index contributed by atoms with van der Waals surface area (Å²) in [7, 11) is 0. The highest BCUT2D eigenvalue weighted by Gasteiger charge is 2.29. The van der Waals surface area contributed by atoms with E-state index in [4.69, 9.17) is 10.5 Å². The quantitative estimate of drug-likeness (QED) is 0.784. The minimum atomic E-state index is -0.430. The normalized spacial score (nSPS) is 11.6. The second-order valence-electron chi connectivity index (χ2n) is 4.77. The van der Waals surface area contributed by atoms with Crippen LogP contribution in [0.25, 0.3) is 0 Å². The summed E-state index contributed by atoms with van der Waals surface area (Å²) in [5.41, 5.74) is 6.33. The monoisotopic (exact) mass is 240 g/mol. The van der Waals surface area contributed by atoms with Gasteiger partial charge in [0.1, 0.15) is 0 Å². The lowest BCUT2D eigenvalue weighted by Gasteiger charge is -2.20. The maximum atomic E-state index is 11.8. The lowest BCUT2D eigenvalue weighted by atomic mass is 9.90. The van der Waals surface area contributed by atoms with E-state index < -0.39 is 5.97 Å². The standard InChI is InChI=1S/C11H20N4O2/c1-5-17-10(16)8-9(11(2,3)4)15(7-6-12)14-13-8/h5-7,12H2,1-4H3. The largest absolute Gasteiger partial charge is 0.461 e. The highest BCUT2D eigenvalue weighted by molar-refractivity contribution is 5.88. The highest BCUT2D eigenvalue weighted by atomic mass is 16.5. The van der Waals surface area contributed by atoms with Gasteiger partial charge in [0, 0.05) is 12.0 Å². The molecule has 2 N–H and O–H groups in total. The van der Waals surface area contributed by atoms with Crippen LogP contribution in [0.2, 0.25) is 0 Å². The first-order valence-corrected chi connectivity index (χ1v) is 5.73. The molecule has 0 saturated heterocycles. The number of carbonyl (C=O) groups is 1. The molecule has 0 radical (unpaired) electrons. The molecule has 0 saturated carbocycles. The summed E-state index contributed by atoms with van der Waals surface area (Å²) in [6, 6.07) is 0. The molecule has 1 rings (SSSR count). The fourth-order valence-corrected chi connectivity index (χ4v) is 1.67. The zero-order valence-corrected chi connectivity index (χ0v) is 10.9. The highest BCUT2D eigenvalue weighted by Crippen LogP contribution is 2.24. The first kappa shape index (κ1) is 13.6. The van der Waals surface area contributed by atoms with E-state index in [1.165, 1.54) is 0 Å². The molecule has 6 nitrogen and oxygen atoms in total. The predicted molar refractivity (Wildman–Crippen MR) is 63.7 cm³/mol. The van der Waals surface area contributed by atoms with Gasteiger partial charge < -0.3 is 10.5 Å². The Bertz CT molecular complexity index is 393. The Morgan fingerprint density at radius 2 is 2.12 bits per heavy atom. The third-order valence-electron chi connectivity index (χ3n) is 2.26. The van der Waals surface area contributed by atoms with E-state index in [1.54, 1.807) is 11.6 Å². The number of aromatic nitrogens is 3. The van der Waals surface area contributed by atoms with Crippen LogP contribution in [0.5, 0.6) is 0 Å². The number of ether oxygens (including phenoxy) is 1. The molecule has 0 aliphatic rings. The summed E-state index contributed by atoms with van der Waals surface area (Å²) in [5, 5.41) is 7.86. The Hall–Kier alpha value is -1.43. The van der Waals surface area contributed by atoms with Gasteiger partial charge in [0.15, 0.2) is 5.69 Å². The summed E-state index contributed by atoms with van der Waals surface area (Å²) in [6.07, 6.45) is 0. The van der Waals surface area contributed by atoms with Crippen molar-refractivity contribution in [1.29, 1.82) is 0 Å². The maximum Gasteiger partial charge on any atom is 0.360 e. The summed E-state index contributed by atoms with van der Waals surface area (Å²) in [4.78, 5) is 11.8. The molecule has 0 aliphatic heterocycles. The van der Waals surface area contributed by atoms with Gasteiger partial charge in [0.25, 0.3) is 0 Å². The zero-order chi connectivity index (χ0) is 13.1. The van der Waals surface area contributed by atoms with Gasteiger partial charge in [-0.1, -0.05) is 26.0 Å². The smallest absolute Gasteiger partial charge is 0.360 e. The fraction of sp³-hybridized carbons (Fsp3) is 0.727. The van der Waals surface area contributed by atoms with E-state index in [0.717, 1.165) is 5.69 Å². The van der Waals surface area contributed by atoms with E-state index in [-0.39, 0.29) is 11.1 Å². The molecule has 0 atom stereocenters. The molecule has 1 aromatic heterocycles. The Balaban J connectivity index is 3.18. The lowest BCUT2D eigenvalue weighted by molar-refractivity contribution is 0.0516. The molecule has 1 aromatic rings. The number of hydrogen-bond donors (Lipinski definition) is 1. The number of esters is 1. The zero-order valence-electron chi connectivity index (χ0n) is 10.9. The van der Waals surface area contributed by atoms with E-state index in [1.807, 2.05) is 20.8 Å². The molecule has 96 valence electrons. The third kappa shape index (κ3) is 3.03. The molecule has 0 fully saturated rings. The van der Waals surface area contributed by atoms with Gasteiger partial charge in [0.2, 0.25) is 0 Å². The van der Waals surface area contributed by atoms with Crippen LogP contribution in [0.15, 0.2) is 0 Å². The van der Waals surface area contributed by atoms with Gasteiger partial charge in [-0.25, -0.2) is 9.48 Å². The van der Waals surface area contributed by atoms with Crippen LogP contribution in [0.4, 0.5) is 0 Å². The molecule has 0 bridgehead atoms. The van der Waals surface area contributed by atoms with Crippen molar-refractivity contribution >= 4 is 5.97 Å². The van der Waals surface area contributed by atoms with E-state index in [2.05, 4.69) is 10.3 Å². The second kappa shape index (κ2) is 5.27. The van der Waals surface area contributed by atoms with Crippen LogP contribution in [-0.2, 0) is 16.7 Å². The van der Waals surface area contributed by atoms with Gasteiger partial charge in [-0.3, -0.25) is 0 Å². The van der Waals surface area contributed by atoms with Crippen LogP contribution >= 0.6 is 0 Å². The van der Waals surface area contributed by atoms with Crippen LogP contribution in [-0.4, -0.2) is 34.1 Å². The van der Waals surface area contributed by atoms with Gasteiger partial charge in [-0.15, -0.1) is 5.10 Å². The predicted octanol–water partition coefficient (Wildman–Crippen LogP) is 0.711. The van der Waals surface area contributed by atoms with E-state index in [0.29, 0.717) is 19.7 Å². The summed E-state index contributed by atoms with van der Waals surface area (Å²) in [5.74, 6) is -0.430. The van der Waals surface area contributed by atoms with Crippen LogP contribution in [0.1, 0.15) is 43.9 Å². The van der Waals surface area contributed by atoms with Crippen LogP contribution in [0, 0.1) is 0 Å². The molecule has 17 heavy (non-hydrogen) atoms. The number of nitrogens with two attached hydrogens (primary N) is 1. The minimum Gasteiger partial charge on any atom is -0.461 e. The van der Waals surface area contributed by atoms with Crippen molar-refractivity contribution in [3.8, 4) is 0 Å². The van der Waals surface area contributed by atoms with E-state index >= 15 is 0 Å². The second-order valence-corrected chi connectivity index (χ2v) is 4.77. The first-order chi connectivity index (χ1) is 7.91. The molecule has 1 heterocycles. The minimum absolute atomic E-state index is 0.235. The molecule has 0 aromatic carbocycles. The topological polar surface area (TPSA) is 83.0 Å². The molecule has 0 amide bonds. The number of rotatable bonds is 4. The van der Waals surface area contributed by atoms with Crippen molar-refractivity contribution in [3.05, 3.63) is 11.4 Å². The average Bonchev–Trinajstić information content (AvgIpc) is 2.62. The third-order valence-corrected chi connectivity index (χ3v) is 2.26. The van der Waals surface area contributed by atoms with Gasteiger partial charge >= 0.3 is 5.97 Å². The number of carbonyl (C=O) groups excluding carboxylic acids is 1. The van der Waals surface area contributed by atoms with Crippen LogP contribution in [0.3, 0.4) is 0 Å². The van der Waals surface area contributed by atoms with Crippen LogP contribution < -0.4 is 5.73 Å². The molecule has 6 heteroatoms. The number of nitrogens with zero attached hydrogens (tertiary/aromatic N) is 3. The van der Waals surface area contributed by atoms with Crippen molar-refractivity contribution in [2.45, 2.75) is 39.7 Å². The van der Waals surface area contributed by atoms with E-state index in [9.17, 15) is 4.79 Å². The Kier molecular flexibility index (Phi) is 4.22. The molecular formula is C11H20N4O2. The molecule has 0 unspecified atom stereocenters. The maximum absolute atomic E-state index is 11.8. The van der Waals surface area contributed by atoms with Gasteiger partial charge in [-0.05, 0) is 6.92 Å². The van der Waals surface area contributed by atoms with Gasteiger partial charge in [0.05, 0.1) is 18.8 Å². The first-order valence-electron chi connectivity index (χ1n) is 5.73. The Morgan fingerprint density at radius 1 is 1.47 bits per heavy atom. The van der Waals surface area contributed by atoms with Crippen molar-refractivity contribution in [1.82, 2.24) is 15.0 Å².